The van der Waals surface area contributed by atoms with E-state index >= 15 is 0 Å². The summed E-state index contributed by atoms with van der Waals surface area (Å²) >= 11 is 1.47. The summed E-state index contributed by atoms with van der Waals surface area (Å²) in [5, 5.41) is 11.9. The molecule has 2 heterocycles. The number of hydrogen-bond acceptors (Lipinski definition) is 6. The number of thioether (sulfide) groups is 1. The van der Waals surface area contributed by atoms with Crippen LogP contribution in [0, 0.1) is 11.6 Å². The molecule has 0 fully saturated rings. The van der Waals surface area contributed by atoms with Crippen molar-refractivity contribution in [2.24, 2.45) is 7.05 Å². The van der Waals surface area contributed by atoms with Crippen LogP contribution in [0.15, 0.2) is 82.6 Å². The number of H-pyrrole nitrogens is 1. The molecule has 5 rings (SSSR count). The Morgan fingerprint density at radius 3 is 2.37 bits per heavy atom. The molecule has 5 aromatic rings. The van der Waals surface area contributed by atoms with Crippen LogP contribution in [-0.4, -0.2) is 32.8 Å². The van der Waals surface area contributed by atoms with Gasteiger partial charge in [0, 0.05) is 52.0 Å². The lowest BCUT2D eigenvalue weighted by Crippen LogP contribution is -2.18. The molecule has 2 amide bonds. The number of carbonyl (C=O) groups excluding carboxylic acids is 2. The molecule has 9 nitrogen and oxygen atoms in total. The summed E-state index contributed by atoms with van der Waals surface area (Å²) in [6.45, 7) is 0. The Hall–Kier alpha value is -4.94. The van der Waals surface area contributed by atoms with Crippen LogP contribution in [0.1, 0.15) is 20.8 Å². The van der Waals surface area contributed by atoms with Crippen molar-refractivity contribution in [2.45, 2.75) is 4.90 Å². The van der Waals surface area contributed by atoms with Gasteiger partial charge in [0.25, 0.3) is 17.4 Å². The molecule has 0 aliphatic carbocycles. The lowest BCUT2D eigenvalue weighted by Gasteiger charge is -2.15. The van der Waals surface area contributed by atoms with E-state index in [9.17, 15) is 23.2 Å². The minimum atomic E-state index is -0.874. The van der Waals surface area contributed by atoms with Crippen LogP contribution in [0.2, 0.25) is 0 Å². The van der Waals surface area contributed by atoms with Gasteiger partial charge in [-0.1, -0.05) is 0 Å². The van der Waals surface area contributed by atoms with Crippen molar-refractivity contribution in [1.29, 1.82) is 0 Å². The first-order chi connectivity index (χ1) is 19.7. The molecule has 4 N–H and O–H groups in total. The van der Waals surface area contributed by atoms with Gasteiger partial charge in [-0.05, 0) is 66.9 Å². The number of benzene rings is 3. The third kappa shape index (κ3) is 5.55. The van der Waals surface area contributed by atoms with E-state index in [1.54, 1.807) is 25.4 Å². The highest BCUT2D eigenvalue weighted by Crippen LogP contribution is 2.39. The van der Waals surface area contributed by atoms with Gasteiger partial charge in [-0.2, -0.15) is 0 Å². The van der Waals surface area contributed by atoms with E-state index < -0.39 is 23.4 Å². The maximum absolute atomic E-state index is 14.4. The lowest BCUT2D eigenvalue weighted by atomic mass is 10.0. The number of hydroxylamine groups is 1. The molecule has 0 bridgehead atoms. The molecule has 0 aliphatic heterocycles. The van der Waals surface area contributed by atoms with Crippen LogP contribution < -0.4 is 21.1 Å². The third-order valence-electron chi connectivity index (χ3n) is 6.31. The average molecular weight is 577 g/mol. The monoisotopic (exact) mass is 576 g/mol. The predicted molar refractivity (Wildman–Crippen MR) is 151 cm³/mol. The zero-order valence-corrected chi connectivity index (χ0v) is 22.4. The molecule has 0 atom stereocenters. The number of halogens is 2. The number of aromatic nitrogens is 2. The highest BCUT2D eigenvalue weighted by Gasteiger charge is 2.20. The van der Waals surface area contributed by atoms with E-state index in [0.29, 0.717) is 22.2 Å². The molecule has 41 heavy (non-hydrogen) atoms. The maximum atomic E-state index is 14.4. The summed E-state index contributed by atoms with van der Waals surface area (Å²) in [5.74, 6) is -2.78. The minimum Gasteiger partial charge on any atom is -0.454 e. The van der Waals surface area contributed by atoms with Gasteiger partial charge in [-0.25, -0.2) is 14.3 Å². The zero-order chi connectivity index (χ0) is 29.3. The van der Waals surface area contributed by atoms with Crippen molar-refractivity contribution in [2.75, 3.05) is 11.6 Å². The quantitative estimate of drug-likeness (QED) is 0.112. The highest BCUT2D eigenvalue weighted by atomic mass is 32.2. The molecule has 0 saturated carbocycles. The molecule has 2 aromatic heterocycles. The van der Waals surface area contributed by atoms with Crippen molar-refractivity contribution >= 4 is 40.2 Å². The number of rotatable bonds is 7. The summed E-state index contributed by atoms with van der Waals surface area (Å²) in [4.78, 5) is 41.4. The van der Waals surface area contributed by atoms with E-state index in [1.807, 2.05) is 12.3 Å². The third-order valence-corrected chi connectivity index (χ3v) is 7.03. The number of hydrogen-bond donors (Lipinski definition) is 4. The van der Waals surface area contributed by atoms with Crippen LogP contribution in [-0.2, 0) is 7.05 Å². The number of fused-ring (bicyclic) bond motifs is 1. The average Bonchev–Trinajstić information content (AvgIpc) is 3.43. The smallest absolute Gasteiger partial charge is 0.274 e. The first-order valence-electron chi connectivity index (χ1n) is 12.1. The van der Waals surface area contributed by atoms with Gasteiger partial charge in [-0.15, -0.1) is 11.8 Å². The van der Waals surface area contributed by atoms with Crippen molar-refractivity contribution in [3.63, 3.8) is 0 Å². The summed E-state index contributed by atoms with van der Waals surface area (Å²) in [6.07, 6.45) is 3.48. The first-order valence-corrected chi connectivity index (χ1v) is 13.3. The highest BCUT2D eigenvalue weighted by molar-refractivity contribution is 7.98. The van der Waals surface area contributed by atoms with Gasteiger partial charge in [0.05, 0.1) is 0 Å². The van der Waals surface area contributed by atoms with Crippen LogP contribution >= 0.6 is 11.8 Å². The van der Waals surface area contributed by atoms with E-state index in [4.69, 9.17) is 9.94 Å². The number of amides is 2. The van der Waals surface area contributed by atoms with Gasteiger partial charge in [0.2, 0.25) is 0 Å². The topological polar surface area (TPSA) is 125 Å². The fraction of sp³-hybridized carbons (Fsp3) is 0.0690. The van der Waals surface area contributed by atoms with Crippen LogP contribution in [0.5, 0.6) is 11.5 Å². The van der Waals surface area contributed by atoms with Gasteiger partial charge in [0.15, 0.2) is 11.6 Å². The Morgan fingerprint density at radius 1 is 0.951 bits per heavy atom. The predicted octanol–water partition coefficient (Wildman–Crippen LogP) is 5.70. The molecular formula is C29H22F2N4O5S. The van der Waals surface area contributed by atoms with Gasteiger partial charge in [0.1, 0.15) is 22.8 Å². The van der Waals surface area contributed by atoms with Crippen LogP contribution in [0.4, 0.5) is 14.5 Å². The number of carbonyl (C=O) groups is 2. The molecule has 3 aromatic carbocycles. The normalized spacial score (nSPS) is 11.0. The van der Waals surface area contributed by atoms with Gasteiger partial charge < -0.3 is 19.6 Å². The number of ether oxygens (including phenoxy) is 1. The summed E-state index contributed by atoms with van der Waals surface area (Å²) in [5.41, 5.74) is 3.03. The Balaban J connectivity index is 1.57. The first kappa shape index (κ1) is 27.6. The Kier molecular flexibility index (Phi) is 7.60. The summed E-state index contributed by atoms with van der Waals surface area (Å²) < 4.78 is 35.1. The fourth-order valence-electron chi connectivity index (χ4n) is 4.25. The van der Waals surface area contributed by atoms with E-state index in [1.165, 1.54) is 58.2 Å². The van der Waals surface area contributed by atoms with Crippen LogP contribution in [0.25, 0.3) is 22.0 Å². The lowest BCUT2D eigenvalue weighted by molar-refractivity contribution is 0.0706. The Morgan fingerprint density at radius 2 is 1.68 bits per heavy atom. The van der Waals surface area contributed by atoms with E-state index in [2.05, 4.69) is 10.3 Å². The number of nitrogens with one attached hydrogen (secondary N) is 3. The zero-order valence-electron chi connectivity index (χ0n) is 21.6. The van der Waals surface area contributed by atoms with E-state index in [0.717, 1.165) is 17.0 Å². The van der Waals surface area contributed by atoms with Crippen molar-refractivity contribution in [1.82, 2.24) is 15.0 Å². The number of pyridine rings is 1. The molecular weight excluding hydrogens is 554 g/mol. The van der Waals surface area contributed by atoms with Crippen molar-refractivity contribution < 1.29 is 28.3 Å². The molecule has 0 spiro atoms. The number of aryl methyl sites for hydroxylation is 1. The molecule has 208 valence electrons. The minimum absolute atomic E-state index is 0.0924. The molecule has 12 heteroatoms. The molecule has 0 saturated heterocycles. The number of aromatic amines is 1. The molecule has 0 unspecified atom stereocenters. The van der Waals surface area contributed by atoms with Gasteiger partial charge >= 0.3 is 0 Å². The molecule has 0 aliphatic rings. The second kappa shape index (κ2) is 11.3. The molecule has 0 radical (unpaired) electrons. The maximum Gasteiger partial charge on any atom is 0.274 e. The number of anilines is 1. The summed E-state index contributed by atoms with van der Waals surface area (Å²) in [7, 11) is 1.56. The van der Waals surface area contributed by atoms with E-state index in [-0.39, 0.29) is 33.8 Å². The largest absolute Gasteiger partial charge is 0.454 e. The fourth-order valence-corrected chi connectivity index (χ4v) is 4.69. The SMILES string of the molecule is CSc1ccc(Oc2ccc(F)cc2F)c(-c2cn(C)c(=O)c3[nH]c(C(=O)Nc4ccc(C(=O)NO)cc4)cc23)c1. The Labute approximate surface area is 235 Å². The van der Waals surface area contributed by atoms with Crippen molar-refractivity contribution in [3.05, 3.63) is 106 Å². The second-order valence-electron chi connectivity index (χ2n) is 8.94. The number of nitrogens with zero attached hydrogens (tertiary/aromatic N) is 1. The van der Waals surface area contributed by atoms with Crippen molar-refractivity contribution in [3.8, 4) is 22.6 Å². The standard InChI is InChI=1S/C29H22F2N4O5S/c1-35-14-21(19-12-18(41-2)8-10-24(19)40-25-9-5-16(30)11-22(25)31)20-13-23(33-26(20)29(35)38)28(37)32-17-6-3-15(4-7-17)27(36)34-39/h3-14,33,39H,1-2H3,(H,32,37)(H,34,36). The Bertz CT molecular complexity index is 1870. The van der Waals surface area contributed by atoms with Crippen LogP contribution in [0.3, 0.4) is 0 Å². The summed E-state index contributed by atoms with van der Waals surface area (Å²) in [6, 6.07) is 15.6. The second-order valence-corrected chi connectivity index (χ2v) is 9.82. The van der Waals surface area contributed by atoms with Gasteiger partial charge in [-0.3, -0.25) is 19.6 Å².